The lowest BCUT2D eigenvalue weighted by molar-refractivity contribution is -0.111. The largest absolute Gasteiger partial charge is 0.493 e. The van der Waals surface area contributed by atoms with Crippen LogP contribution in [0, 0.1) is 0 Å². The number of thioether (sulfide) groups is 2. The van der Waals surface area contributed by atoms with Gasteiger partial charge in [-0.25, -0.2) is 0 Å². The summed E-state index contributed by atoms with van der Waals surface area (Å²) in [6.07, 6.45) is 4.61. The van der Waals surface area contributed by atoms with Crippen molar-refractivity contribution in [2.75, 3.05) is 23.4 Å². The van der Waals surface area contributed by atoms with Gasteiger partial charge in [0.1, 0.15) is 5.75 Å². The Labute approximate surface area is 163 Å². The number of anilines is 1. The Morgan fingerprint density at radius 1 is 1.19 bits per heavy atom. The van der Waals surface area contributed by atoms with E-state index in [1.807, 2.05) is 66.8 Å². The number of rotatable bonds is 6. The smallest absolute Gasteiger partial charge is 0.248 e. The summed E-state index contributed by atoms with van der Waals surface area (Å²) in [7, 11) is 0. The van der Waals surface area contributed by atoms with Crippen LogP contribution in [0.25, 0.3) is 6.08 Å². The van der Waals surface area contributed by atoms with Gasteiger partial charge >= 0.3 is 0 Å². The zero-order valence-electron chi connectivity index (χ0n) is 14.8. The number of carbonyl (C=O) groups excluding carboxylic acids is 1. The summed E-state index contributed by atoms with van der Waals surface area (Å²) in [5, 5.41) is 2.96. The highest BCUT2D eigenvalue weighted by atomic mass is 32.2. The molecule has 0 aromatic heterocycles. The molecule has 3 rings (SSSR count). The normalized spacial score (nSPS) is 15.1. The number of carbonyl (C=O) groups is 1. The molecule has 0 unspecified atom stereocenters. The number of para-hydroxylation sites is 1. The molecule has 0 saturated carbocycles. The summed E-state index contributed by atoms with van der Waals surface area (Å²) >= 11 is 3.96. The zero-order chi connectivity index (χ0) is 18.2. The predicted molar refractivity (Wildman–Crippen MR) is 114 cm³/mol. The summed E-state index contributed by atoms with van der Waals surface area (Å²) < 4.78 is 6.05. The van der Waals surface area contributed by atoms with Crippen LogP contribution in [0.5, 0.6) is 5.75 Å². The van der Waals surface area contributed by atoms with Crippen molar-refractivity contribution in [3.8, 4) is 5.75 Å². The summed E-state index contributed by atoms with van der Waals surface area (Å²) in [6.45, 7) is 2.55. The van der Waals surface area contributed by atoms with Gasteiger partial charge in [0.25, 0.3) is 0 Å². The van der Waals surface area contributed by atoms with Gasteiger partial charge in [-0.2, -0.15) is 0 Å². The van der Waals surface area contributed by atoms with E-state index in [4.69, 9.17) is 4.74 Å². The van der Waals surface area contributed by atoms with E-state index in [1.54, 1.807) is 12.2 Å². The maximum atomic E-state index is 12.3. The molecule has 1 aliphatic heterocycles. The molecule has 0 atom stereocenters. The first kappa shape index (κ1) is 18.9. The fraction of sp³-hybridized carbons (Fsp3) is 0.286. The van der Waals surface area contributed by atoms with Crippen molar-refractivity contribution in [3.63, 3.8) is 0 Å². The Bertz CT molecular complexity index is 770. The lowest BCUT2D eigenvalue weighted by atomic mass is 10.2. The second kappa shape index (κ2) is 9.74. The molecule has 2 aromatic rings. The maximum Gasteiger partial charge on any atom is 0.248 e. The third-order valence-electron chi connectivity index (χ3n) is 3.89. The van der Waals surface area contributed by atoms with Gasteiger partial charge in [-0.05, 0) is 54.7 Å². The molecule has 1 N–H and O–H groups in total. The first-order valence-corrected chi connectivity index (χ1v) is 10.9. The monoisotopic (exact) mass is 385 g/mol. The van der Waals surface area contributed by atoms with Crippen molar-refractivity contribution in [1.29, 1.82) is 0 Å². The van der Waals surface area contributed by atoms with E-state index in [2.05, 4.69) is 17.4 Å². The van der Waals surface area contributed by atoms with Gasteiger partial charge < -0.3 is 10.1 Å². The quantitative estimate of drug-likeness (QED) is 0.656. The second-order valence-electron chi connectivity index (χ2n) is 5.85. The number of hydrogen-bond donors (Lipinski definition) is 1. The average Bonchev–Trinajstić information content (AvgIpc) is 2.68. The summed E-state index contributed by atoms with van der Waals surface area (Å²) in [6, 6.07) is 15.9. The van der Waals surface area contributed by atoms with Crippen LogP contribution in [0.4, 0.5) is 5.69 Å². The third kappa shape index (κ3) is 5.32. The molecular weight excluding hydrogens is 362 g/mol. The fourth-order valence-corrected chi connectivity index (χ4v) is 5.57. The van der Waals surface area contributed by atoms with Gasteiger partial charge in [-0.15, -0.1) is 23.5 Å². The Morgan fingerprint density at radius 2 is 2.00 bits per heavy atom. The molecule has 0 spiro atoms. The van der Waals surface area contributed by atoms with Crippen molar-refractivity contribution >= 4 is 41.2 Å². The first-order valence-electron chi connectivity index (χ1n) is 8.80. The van der Waals surface area contributed by atoms with Gasteiger partial charge in [0.05, 0.1) is 11.2 Å². The van der Waals surface area contributed by atoms with Crippen molar-refractivity contribution in [1.82, 2.24) is 0 Å². The molecule has 1 saturated heterocycles. The van der Waals surface area contributed by atoms with E-state index >= 15 is 0 Å². The molecule has 1 fully saturated rings. The van der Waals surface area contributed by atoms with Crippen molar-refractivity contribution in [3.05, 3.63) is 65.7 Å². The van der Waals surface area contributed by atoms with Crippen molar-refractivity contribution in [2.24, 2.45) is 0 Å². The van der Waals surface area contributed by atoms with E-state index in [9.17, 15) is 4.79 Å². The summed E-state index contributed by atoms with van der Waals surface area (Å²) in [5.74, 6) is 3.05. The number of amides is 1. The van der Waals surface area contributed by atoms with Crippen molar-refractivity contribution in [2.45, 2.75) is 17.9 Å². The van der Waals surface area contributed by atoms with E-state index in [0.717, 1.165) is 17.0 Å². The number of benzene rings is 2. The highest BCUT2D eigenvalue weighted by Crippen LogP contribution is 2.44. The topological polar surface area (TPSA) is 38.3 Å². The number of ether oxygens (including phenoxy) is 1. The van der Waals surface area contributed by atoms with Crippen LogP contribution in [-0.4, -0.2) is 24.0 Å². The van der Waals surface area contributed by atoms with Crippen molar-refractivity contribution < 1.29 is 9.53 Å². The van der Waals surface area contributed by atoms with Crippen LogP contribution < -0.4 is 10.1 Å². The minimum Gasteiger partial charge on any atom is -0.493 e. The molecule has 0 aliphatic carbocycles. The molecule has 5 heteroatoms. The lowest BCUT2D eigenvalue weighted by Crippen LogP contribution is -2.08. The highest BCUT2D eigenvalue weighted by molar-refractivity contribution is 8.16. The maximum absolute atomic E-state index is 12.3. The first-order chi connectivity index (χ1) is 12.8. The van der Waals surface area contributed by atoms with Gasteiger partial charge in [0.2, 0.25) is 5.91 Å². The number of nitrogens with one attached hydrogen (secondary N) is 1. The van der Waals surface area contributed by atoms with E-state index < -0.39 is 0 Å². The second-order valence-corrected chi connectivity index (χ2v) is 8.57. The number of hydrogen-bond acceptors (Lipinski definition) is 4. The van der Waals surface area contributed by atoms with Crippen LogP contribution in [0.2, 0.25) is 0 Å². The van der Waals surface area contributed by atoms with E-state index in [-0.39, 0.29) is 5.91 Å². The molecule has 0 radical (unpaired) electrons. The van der Waals surface area contributed by atoms with Crippen LogP contribution in [0.15, 0.2) is 54.6 Å². The molecule has 3 nitrogen and oxygen atoms in total. The SMILES string of the molecule is CCOc1ccccc1/C=C/C(=O)Nc1cccc(C2SCCCS2)c1. The molecule has 1 aliphatic rings. The van der Waals surface area contributed by atoms with Gasteiger partial charge in [0, 0.05) is 17.3 Å². The highest BCUT2D eigenvalue weighted by Gasteiger charge is 2.16. The van der Waals surface area contributed by atoms with Crippen LogP contribution in [0.1, 0.15) is 29.1 Å². The Balaban J connectivity index is 1.65. The van der Waals surface area contributed by atoms with Gasteiger partial charge in [-0.1, -0.05) is 30.3 Å². The molecule has 1 amide bonds. The van der Waals surface area contributed by atoms with Gasteiger partial charge in [-0.3, -0.25) is 4.79 Å². The van der Waals surface area contributed by atoms with Crippen LogP contribution >= 0.6 is 23.5 Å². The molecule has 1 heterocycles. The predicted octanol–water partition coefficient (Wildman–Crippen LogP) is 5.61. The molecule has 2 aromatic carbocycles. The minimum absolute atomic E-state index is 0.141. The van der Waals surface area contributed by atoms with E-state index in [1.165, 1.54) is 23.5 Å². The molecule has 136 valence electrons. The van der Waals surface area contributed by atoms with Crippen LogP contribution in [0.3, 0.4) is 0 Å². The van der Waals surface area contributed by atoms with E-state index in [0.29, 0.717) is 11.2 Å². The average molecular weight is 386 g/mol. The Hall–Kier alpha value is -1.85. The fourth-order valence-electron chi connectivity index (χ4n) is 2.70. The lowest BCUT2D eigenvalue weighted by Gasteiger charge is -2.21. The summed E-state index contributed by atoms with van der Waals surface area (Å²) in [4.78, 5) is 12.3. The van der Waals surface area contributed by atoms with Gasteiger partial charge in [0.15, 0.2) is 0 Å². The zero-order valence-corrected chi connectivity index (χ0v) is 16.4. The Morgan fingerprint density at radius 3 is 2.81 bits per heavy atom. The molecule has 0 bridgehead atoms. The molecule has 26 heavy (non-hydrogen) atoms. The minimum atomic E-state index is -0.141. The molecular formula is C21H23NO2S2. The standard InChI is InChI=1S/C21H23NO2S2/c1-2-24-19-10-4-3-7-16(19)11-12-20(23)22-18-9-5-8-17(15-18)21-25-13-6-14-26-21/h3-5,7-12,15,21H,2,6,13-14H2,1H3,(H,22,23)/b12-11+. The summed E-state index contributed by atoms with van der Waals surface area (Å²) in [5.41, 5.74) is 3.00. The van der Waals surface area contributed by atoms with Crippen LogP contribution in [-0.2, 0) is 4.79 Å². The Kier molecular flexibility index (Phi) is 7.09. The third-order valence-corrected chi connectivity index (χ3v) is 6.90.